The quantitative estimate of drug-likeness (QED) is 0.462. The maximum Gasteiger partial charge on any atom is 0.251 e. The molecule has 2 aromatic heterocycles. The van der Waals surface area contributed by atoms with Gasteiger partial charge in [0.25, 0.3) is 5.91 Å². The summed E-state index contributed by atoms with van der Waals surface area (Å²) in [6.45, 7) is 1.46. The fourth-order valence-electron chi connectivity index (χ4n) is 3.38. The Morgan fingerprint density at radius 3 is 2.84 bits per heavy atom. The smallest absolute Gasteiger partial charge is 0.251 e. The molecule has 2 aromatic carbocycles. The minimum atomic E-state index is -0.392. The number of methoxy groups -OCH3 is 1. The van der Waals surface area contributed by atoms with Crippen molar-refractivity contribution in [3.05, 3.63) is 83.3 Å². The van der Waals surface area contributed by atoms with Crippen molar-refractivity contribution in [2.24, 2.45) is 0 Å². The van der Waals surface area contributed by atoms with Gasteiger partial charge in [0, 0.05) is 54.1 Å². The van der Waals surface area contributed by atoms with E-state index in [0.29, 0.717) is 45.8 Å². The molecule has 0 unspecified atom stereocenters. The van der Waals surface area contributed by atoms with Gasteiger partial charge in [0.05, 0.1) is 23.9 Å². The largest absolute Gasteiger partial charge is 0.383 e. The van der Waals surface area contributed by atoms with Crippen LogP contribution in [0.3, 0.4) is 0 Å². The number of imidazole rings is 1. The van der Waals surface area contributed by atoms with Gasteiger partial charge in [0.1, 0.15) is 11.6 Å². The Balaban J connectivity index is 1.63. The number of carbonyl (C=O) groups is 1. The molecular formula is C23H20ClFN4O2. The molecule has 1 N–H and O–H groups in total. The van der Waals surface area contributed by atoms with Gasteiger partial charge in [-0.3, -0.25) is 9.78 Å². The molecule has 0 saturated carbocycles. The van der Waals surface area contributed by atoms with Crippen molar-refractivity contribution < 1.29 is 13.9 Å². The van der Waals surface area contributed by atoms with Crippen LogP contribution >= 0.6 is 11.6 Å². The minimum Gasteiger partial charge on any atom is -0.383 e. The lowest BCUT2D eigenvalue weighted by Gasteiger charge is -2.11. The summed E-state index contributed by atoms with van der Waals surface area (Å²) in [5.74, 6) is 0.0574. The Morgan fingerprint density at radius 1 is 1.19 bits per heavy atom. The maximum atomic E-state index is 14.4. The van der Waals surface area contributed by atoms with Crippen LogP contribution in [0.25, 0.3) is 22.0 Å². The van der Waals surface area contributed by atoms with E-state index in [4.69, 9.17) is 16.3 Å². The molecule has 158 valence electrons. The van der Waals surface area contributed by atoms with E-state index in [0.717, 1.165) is 5.82 Å². The molecule has 0 aliphatic carbocycles. The molecular weight excluding hydrogens is 419 g/mol. The number of halogens is 2. The second-order valence-electron chi connectivity index (χ2n) is 6.91. The molecule has 8 heteroatoms. The standard InChI is InChI=1S/C23H20ClFN4O2/c1-31-11-10-29-9-8-26-21(29)14-28-23(30)15-6-7-16-18(12-15)22(27-13-19(16)24)17-4-2-3-5-20(17)25/h2-9,12-13H,10-11,14H2,1H3,(H,28,30). The van der Waals surface area contributed by atoms with Gasteiger partial charge >= 0.3 is 0 Å². The molecule has 0 fully saturated rings. The summed E-state index contributed by atoms with van der Waals surface area (Å²) in [6, 6.07) is 11.5. The molecule has 4 aromatic rings. The zero-order valence-electron chi connectivity index (χ0n) is 16.8. The fraction of sp³-hybridized carbons (Fsp3) is 0.174. The van der Waals surface area contributed by atoms with Crippen molar-refractivity contribution in [2.75, 3.05) is 13.7 Å². The van der Waals surface area contributed by atoms with E-state index in [1.54, 1.807) is 49.7 Å². The van der Waals surface area contributed by atoms with Gasteiger partial charge in [-0.25, -0.2) is 9.37 Å². The molecule has 4 rings (SSSR count). The van der Waals surface area contributed by atoms with E-state index < -0.39 is 5.82 Å². The summed E-state index contributed by atoms with van der Waals surface area (Å²) in [5, 5.41) is 4.61. The van der Waals surface area contributed by atoms with E-state index in [-0.39, 0.29) is 12.5 Å². The number of hydrogen-bond donors (Lipinski definition) is 1. The number of pyridine rings is 1. The van der Waals surface area contributed by atoms with Gasteiger partial charge in [0.15, 0.2) is 0 Å². The number of aromatic nitrogens is 3. The van der Waals surface area contributed by atoms with Crippen molar-refractivity contribution in [3.63, 3.8) is 0 Å². The lowest BCUT2D eigenvalue weighted by Crippen LogP contribution is -2.25. The van der Waals surface area contributed by atoms with Crippen molar-refractivity contribution >= 4 is 28.3 Å². The zero-order chi connectivity index (χ0) is 21.8. The summed E-state index contributed by atoms with van der Waals surface area (Å²) in [5.41, 5.74) is 1.20. The fourth-order valence-corrected chi connectivity index (χ4v) is 3.59. The second-order valence-corrected chi connectivity index (χ2v) is 7.31. The molecule has 0 radical (unpaired) electrons. The molecule has 0 aliphatic heterocycles. The Labute approximate surface area is 183 Å². The van der Waals surface area contributed by atoms with E-state index in [1.807, 2.05) is 10.8 Å². The summed E-state index contributed by atoms with van der Waals surface area (Å²) < 4.78 is 21.4. The Morgan fingerprint density at radius 2 is 2.03 bits per heavy atom. The predicted octanol–water partition coefficient (Wildman–Crippen LogP) is 4.47. The molecule has 31 heavy (non-hydrogen) atoms. The lowest BCUT2D eigenvalue weighted by molar-refractivity contribution is 0.0949. The molecule has 2 heterocycles. The van der Waals surface area contributed by atoms with Gasteiger partial charge in [-0.1, -0.05) is 29.8 Å². The van der Waals surface area contributed by atoms with Crippen LogP contribution in [0.5, 0.6) is 0 Å². The summed E-state index contributed by atoms with van der Waals surface area (Å²) in [6.07, 6.45) is 5.01. The summed E-state index contributed by atoms with van der Waals surface area (Å²) in [4.78, 5) is 21.4. The highest BCUT2D eigenvalue weighted by Gasteiger charge is 2.15. The van der Waals surface area contributed by atoms with Crippen LogP contribution in [-0.4, -0.2) is 34.2 Å². The number of nitrogens with one attached hydrogen (secondary N) is 1. The number of rotatable bonds is 7. The molecule has 0 spiro atoms. The third kappa shape index (κ3) is 4.42. The van der Waals surface area contributed by atoms with Crippen molar-refractivity contribution in [3.8, 4) is 11.3 Å². The first-order valence-electron chi connectivity index (χ1n) is 9.69. The van der Waals surface area contributed by atoms with Gasteiger partial charge in [-0.05, 0) is 24.3 Å². The second kappa shape index (κ2) is 9.24. The van der Waals surface area contributed by atoms with Crippen LogP contribution in [-0.2, 0) is 17.8 Å². The third-order valence-electron chi connectivity index (χ3n) is 4.98. The number of fused-ring (bicyclic) bond motifs is 1. The van der Waals surface area contributed by atoms with Crippen LogP contribution < -0.4 is 5.32 Å². The van der Waals surface area contributed by atoms with E-state index in [1.165, 1.54) is 12.3 Å². The van der Waals surface area contributed by atoms with Gasteiger partial charge in [-0.2, -0.15) is 0 Å². The van der Waals surface area contributed by atoms with Crippen molar-refractivity contribution in [1.29, 1.82) is 0 Å². The average Bonchev–Trinajstić information content (AvgIpc) is 3.24. The molecule has 6 nitrogen and oxygen atoms in total. The summed E-state index contributed by atoms with van der Waals surface area (Å²) >= 11 is 6.30. The number of ether oxygens (including phenoxy) is 1. The lowest BCUT2D eigenvalue weighted by atomic mass is 10.0. The van der Waals surface area contributed by atoms with Gasteiger partial charge < -0.3 is 14.6 Å². The predicted molar refractivity (Wildman–Crippen MR) is 117 cm³/mol. The minimum absolute atomic E-state index is 0.265. The number of hydrogen-bond acceptors (Lipinski definition) is 4. The Kier molecular flexibility index (Phi) is 6.25. The highest BCUT2D eigenvalue weighted by atomic mass is 35.5. The van der Waals surface area contributed by atoms with Gasteiger partial charge in [-0.15, -0.1) is 0 Å². The Hall–Kier alpha value is -3.29. The third-order valence-corrected chi connectivity index (χ3v) is 5.28. The molecule has 0 bridgehead atoms. The number of amides is 1. The van der Waals surface area contributed by atoms with Crippen LogP contribution in [0.1, 0.15) is 16.2 Å². The van der Waals surface area contributed by atoms with Gasteiger partial charge in [0.2, 0.25) is 0 Å². The molecule has 0 saturated heterocycles. The normalized spacial score (nSPS) is 11.1. The first kappa shape index (κ1) is 21.0. The number of carbonyl (C=O) groups excluding carboxylic acids is 1. The monoisotopic (exact) mass is 438 g/mol. The van der Waals surface area contributed by atoms with E-state index in [9.17, 15) is 9.18 Å². The van der Waals surface area contributed by atoms with Crippen molar-refractivity contribution in [2.45, 2.75) is 13.1 Å². The van der Waals surface area contributed by atoms with Crippen LogP contribution in [0.15, 0.2) is 61.1 Å². The van der Waals surface area contributed by atoms with Crippen LogP contribution in [0.2, 0.25) is 5.02 Å². The number of benzene rings is 2. The summed E-state index contributed by atoms with van der Waals surface area (Å²) in [7, 11) is 1.63. The average molecular weight is 439 g/mol. The first-order valence-corrected chi connectivity index (χ1v) is 10.1. The van der Waals surface area contributed by atoms with Crippen LogP contribution in [0, 0.1) is 5.82 Å². The SMILES string of the molecule is COCCn1ccnc1CNC(=O)c1ccc2c(Cl)cnc(-c3ccccc3F)c2c1. The highest BCUT2D eigenvalue weighted by molar-refractivity contribution is 6.35. The Bertz CT molecular complexity index is 1240. The molecule has 0 atom stereocenters. The maximum absolute atomic E-state index is 14.4. The van der Waals surface area contributed by atoms with E-state index >= 15 is 0 Å². The highest BCUT2D eigenvalue weighted by Crippen LogP contribution is 2.33. The first-order chi connectivity index (χ1) is 15.1. The molecule has 1 amide bonds. The number of nitrogens with zero attached hydrogens (tertiary/aromatic N) is 3. The topological polar surface area (TPSA) is 69.0 Å². The molecule has 0 aliphatic rings. The zero-order valence-corrected chi connectivity index (χ0v) is 17.6. The van der Waals surface area contributed by atoms with Crippen LogP contribution in [0.4, 0.5) is 4.39 Å². The van der Waals surface area contributed by atoms with Crippen molar-refractivity contribution in [1.82, 2.24) is 19.9 Å². The van der Waals surface area contributed by atoms with E-state index in [2.05, 4.69) is 15.3 Å².